The highest BCUT2D eigenvalue weighted by molar-refractivity contribution is 9.09. The molecule has 0 bridgehead atoms. The number of halogens is 2. The minimum atomic E-state index is -0.135. The average molecular weight is 333 g/mol. The van der Waals surface area contributed by atoms with Crippen molar-refractivity contribution in [2.75, 3.05) is 0 Å². The molecule has 1 unspecified atom stereocenters. The Bertz CT molecular complexity index is 633. The number of alkyl halides is 1. The third kappa shape index (κ3) is 2.67. The highest BCUT2D eigenvalue weighted by Crippen LogP contribution is 2.35. The smallest absolute Gasteiger partial charge is 0.128 e. The first-order valence-corrected chi connectivity index (χ1v) is 8.08. The van der Waals surface area contributed by atoms with Crippen LogP contribution in [0.1, 0.15) is 45.5 Å². The van der Waals surface area contributed by atoms with Crippen LogP contribution in [0, 0.1) is 12.7 Å². The summed E-state index contributed by atoms with van der Waals surface area (Å²) < 4.78 is 14.1. The molecule has 0 aliphatic heterocycles. The molecule has 2 heteroatoms. The Morgan fingerprint density at radius 3 is 2.50 bits per heavy atom. The number of hydrogen-bond acceptors (Lipinski definition) is 0. The normalized spacial score (nSPS) is 15.8. The summed E-state index contributed by atoms with van der Waals surface area (Å²) in [6.07, 6.45) is 4.89. The first kappa shape index (κ1) is 13.8. The Hall–Kier alpha value is -1.15. The molecule has 20 heavy (non-hydrogen) atoms. The second kappa shape index (κ2) is 5.69. The van der Waals surface area contributed by atoms with E-state index in [1.165, 1.54) is 30.4 Å². The highest BCUT2D eigenvalue weighted by Gasteiger charge is 2.17. The average Bonchev–Trinajstić information content (AvgIpc) is 2.46. The Morgan fingerprint density at radius 2 is 1.75 bits per heavy atom. The topological polar surface area (TPSA) is 0 Å². The summed E-state index contributed by atoms with van der Waals surface area (Å²) in [5, 5.41) is 0. The maximum absolute atomic E-state index is 14.1. The monoisotopic (exact) mass is 332 g/mol. The van der Waals surface area contributed by atoms with Gasteiger partial charge in [0.2, 0.25) is 0 Å². The van der Waals surface area contributed by atoms with Crippen LogP contribution in [0.3, 0.4) is 0 Å². The molecule has 1 atom stereocenters. The molecule has 3 rings (SSSR count). The van der Waals surface area contributed by atoms with E-state index in [4.69, 9.17) is 0 Å². The maximum Gasteiger partial charge on any atom is 0.128 e. The summed E-state index contributed by atoms with van der Waals surface area (Å²) in [7, 11) is 0. The molecule has 2 aromatic rings. The molecule has 1 aliphatic rings. The molecule has 2 aromatic carbocycles. The molecular formula is C18H18BrF. The summed E-state index contributed by atoms with van der Waals surface area (Å²) >= 11 is 3.66. The van der Waals surface area contributed by atoms with Gasteiger partial charge >= 0.3 is 0 Å². The molecule has 1 aliphatic carbocycles. The first-order chi connectivity index (χ1) is 9.65. The number of fused-ring (bicyclic) bond motifs is 1. The Labute approximate surface area is 128 Å². The fourth-order valence-electron chi connectivity index (χ4n) is 2.93. The van der Waals surface area contributed by atoms with E-state index in [0.717, 1.165) is 17.5 Å². The lowest BCUT2D eigenvalue weighted by atomic mass is 9.89. The van der Waals surface area contributed by atoms with Crippen LogP contribution in [0.4, 0.5) is 4.39 Å². The van der Waals surface area contributed by atoms with Crippen molar-refractivity contribution in [2.24, 2.45) is 0 Å². The van der Waals surface area contributed by atoms with E-state index in [1.54, 1.807) is 6.07 Å². The molecule has 0 N–H and O–H groups in total. The predicted molar refractivity (Wildman–Crippen MR) is 85.0 cm³/mol. The lowest BCUT2D eigenvalue weighted by molar-refractivity contribution is 0.612. The second-order valence-corrected chi connectivity index (χ2v) is 6.54. The second-order valence-electron chi connectivity index (χ2n) is 5.62. The third-order valence-electron chi connectivity index (χ3n) is 4.09. The number of rotatable bonds is 2. The van der Waals surface area contributed by atoms with Crippen LogP contribution < -0.4 is 0 Å². The molecule has 0 saturated carbocycles. The minimum Gasteiger partial charge on any atom is -0.207 e. The van der Waals surface area contributed by atoms with Crippen LogP contribution >= 0.6 is 15.9 Å². The van der Waals surface area contributed by atoms with Gasteiger partial charge in [0.05, 0.1) is 4.83 Å². The molecule has 104 valence electrons. The van der Waals surface area contributed by atoms with Gasteiger partial charge in [-0.3, -0.25) is 0 Å². The van der Waals surface area contributed by atoms with Crippen LogP contribution in [0.15, 0.2) is 36.4 Å². The maximum atomic E-state index is 14.1. The molecule has 0 nitrogen and oxygen atoms in total. The lowest BCUT2D eigenvalue weighted by Gasteiger charge is -2.19. The van der Waals surface area contributed by atoms with Crippen molar-refractivity contribution in [1.82, 2.24) is 0 Å². The van der Waals surface area contributed by atoms with Gasteiger partial charge in [-0.25, -0.2) is 4.39 Å². The summed E-state index contributed by atoms with van der Waals surface area (Å²) in [4.78, 5) is -0.0738. The van der Waals surface area contributed by atoms with E-state index in [2.05, 4.69) is 34.1 Å². The molecular weight excluding hydrogens is 315 g/mol. The van der Waals surface area contributed by atoms with Gasteiger partial charge in [0.25, 0.3) is 0 Å². The van der Waals surface area contributed by atoms with Gasteiger partial charge < -0.3 is 0 Å². The van der Waals surface area contributed by atoms with Crippen LogP contribution in [0.5, 0.6) is 0 Å². The Kier molecular flexibility index (Phi) is 3.93. The van der Waals surface area contributed by atoms with Crippen molar-refractivity contribution in [3.8, 4) is 0 Å². The Morgan fingerprint density at radius 1 is 1.00 bits per heavy atom. The summed E-state index contributed by atoms with van der Waals surface area (Å²) in [6.45, 7) is 1.91. The minimum absolute atomic E-state index is 0.0738. The van der Waals surface area contributed by atoms with Gasteiger partial charge in [0, 0.05) is 5.56 Å². The van der Waals surface area contributed by atoms with Crippen LogP contribution in [0.25, 0.3) is 0 Å². The molecule has 0 heterocycles. The predicted octanol–water partition coefficient (Wildman–Crippen LogP) is 5.50. The van der Waals surface area contributed by atoms with Crippen LogP contribution in [0.2, 0.25) is 0 Å². The van der Waals surface area contributed by atoms with Gasteiger partial charge in [-0.05, 0) is 60.9 Å². The zero-order valence-corrected chi connectivity index (χ0v) is 13.2. The fraction of sp³-hybridized carbons (Fsp3) is 0.333. The SMILES string of the molecule is Cc1ccc(C(Br)c2ccc3c(c2)CCCC3)c(F)c1. The van der Waals surface area contributed by atoms with E-state index >= 15 is 0 Å². The van der Waals surface area contributed by atoms with Crippen molar-refractivity contribution in [1.29, 1.82) is 0 Å². The lowest BCUT2D eigenvalue weighted by Crippen LogP contribution is -2.05. The van der Waals surface area contributed by atoms with E-state index in [-0.39, 0.29) is 10.6 Å². The van der Waals surface area contributed by atoms with Gasteiger partial charge in [-0.15, -0.1) is 0 Å². The van der Waals surface area contributed by atoms with Crippen molar-refractivity contribution in [2.45, 2.75) is 37.4 Å². The number of aryl methyl sites for hydroxylation is 3. The fourth-order valence-corrected chi connectivity index (χ4v) is 3.58. The molecule has 0 radical (unpaired) electrons. The molecule has 0 fully saturated rings. The molecule has 0 saturated heterocycles. The van der Waals surface area contributed by atoms with Gasteiger partial charge in [0.1, 0.15) is 5.82 Å². The first-order valence-electron chi connectivity index (χ1n) is 7.17. The zero-order valence-electron chi connectivity index (χ0n) is 11.6. The van der Waals surface area contributed by atoms with Gasteiger partial charge in [0.15, 0.2) is 0 Å². The van der Waals surface area contributed by atoms with E-state index in [0.29, 0.717) is 5.56 Å². The van der Waals surface area contributed by atoms with Crippen molar-refractivity contribution in [3.05, 3.63) is 70.0 Å². The summed E-state index contributed by atoms with van der Waals surface area (Å²) in [5.41, 5.74) is 5.71. The summed E-state index contributed by atoms with van der Waals surface area (Å²) in [5.74, 6) is -0.135. The highest BCUT2D eigenvalue weighted by atomic mass is 79.9. The van der Waals surface area contributed by atoms with Gasteiger partial charge in [-0.1, -0.05) is 46.3 Å². The van der Waals surface area contributed by atoms with Crippen molar-refractivity contribution >= 4 is 15.9 Å². The number of benzene rings is 2. The largest absolute Gasteiger partial charge is 0.207 e. The Balaban J connectivity index is 1.95. The van der Waals surface area contributed by atoms with Crippen LogP contribution in [-0.2, 0) is 12.8 Å². The quantitative estimate of drug-likeness (QED) is 0.637. The van der Waals surface area contributed by atoms with E-state index in [1.807, 2.05) is 19.1 Å². The molecule has 0 aromatic heterocycles. The van der Waals surface area contributed by atoms with Crippen molar-refractivity contribution in [3.63, 3.8) is 0 Å². The van der Waals surface area contributed by atoms with Crippen molar-refractivity contribution < 1.29 is 4.39 Å². The summed E-state index contributed by atoms with van der Waals surface area (Å²) in [6, 6.07) is 12.0. The number of hydrogen-bond donors (Lipinski definition) is 0. The standard InChI is InChI=1S/C18H18BrF/c1-12-6-9-16(17(20)10-12)18(19)15-8-7-13-4-2-3-5-14(13)11-15/h6-11,18H,2-5H2,1H3. The molecule has 0 amide bonds. The van der Waals surface area contributed by atoms with E-state index in [9.17, 15) is 4.39 Å². The molecule has 0 spiro atoms. The zero-order chi connectivity index (χ0) is 14.1. The third-order valence-corrected chi connectivity index (χ3v) is 5.12. The van der Waals surface area contributed by atoms with E-state index < -0.39 is 0 Å². The van der Waals surface area contributed by atoms with Crippen LogP contribution in [-0.4, -0.2) is 0 Å². The van der Waals surface area contributed by atoms with Gasteiger partial charge in [-0.2, -0.15) is 0 Å².